The average molecular weight is 186 g/mol. The van der Waals surface area contributed by atoms with Crippen LogP contribution in [0, 0.1) is 0 Å². The van der Waals surface area contributed by atoms with Crippen LogP contribution >= 0.6 is 0 Å². The molecule has 0 bridgehead atoms. The minimum Gasteiger partial charge on any atom is -0.357 e. The molecule has 70 valence electrons. The van der Waals surface area contributed by atoms with Crippen LogP contribution in [-0.2, 0) is 0 Å². The Morgan fingerprint density at radius 2 is 1.86 bits per heavy atom. The lowest BCUT2D eigenvalue weighted by molar-refractivity contribution is 1.15. The number of anilines is 1. The zero-order chi connectivity index (χ0) is 9.80. The Bertz CT molecular complexity index is 413. The standard InChI is InChI=1S/C10H10N4/c1-11-10-13-7-4-9(14-10)8-2-5-12-6-3-8/h2-7H,1H3,(H,11,13,14). The van der Waals surface area contributed by atoms with E-state index in [1.54, 1.807) is 25.6 Å². The van der Waals surface area contributed by atoms with Crippen LogP contribution in [0.4, 0.5) is 5.95 Å². The average Bonchev–Trinajstić information content (AvgIpc) is 2.30. The first-order chi connectivity index (χ1) is 6.90. The minimum atomic E-state index is 0.624. The van der Waals surface area contributed by atoms with Gasteiger partial charge in [0.15, 0.2) is 0 Å². The van der Waals surface area contributed by atoms with E-state index in [4.69, 9.17) is 0 Å². The fraction of sp³-hybridized carbons (Fsp3) is 0.100. The lowest BCUT2D eigenvalue weighted by atomic mass is 10.2. The fourth-order valence-corrected chi connectivity index (χ4v) is 1.16. The van der Waals surface area contributed by atoms with Crippen molar-refractivity contribution in [2.75, 3.05) is 12.4 Å². The van der Waals surface area contributed by atoms with Gasteiger partial charge in [-0.05, 0) is 18.2 Å². The van der Waals surface area contributed by atoms with E-state index >= 15 is 0 Å². The highest BCUT2D eigenvalue weighted by molar-refractivity contribution is 5.58. The van der Waals surface area contributed by atoms with Gasteiger partial charge in [-0.1, -0.05) is 0 Å². The van der Waals surface area contributed by atoms with E-state index in [1.165, 1.54) is 0 Å². The zero-order valence-corrected chi connectivity index (χ0v) is 7.81. The first-order valence-corrected chi connectivity index (χ1v) is 4.31. The Hall–Kier alpha value is -1.97. The molecule has 4 nitrogen and oxygen atoms in total. The first kappa shape index (κ1) is 8.62. The molecule has 0 atom stereocenters. The Labute approximate surface area is 82.1 Å². The highest BCUT2D eigenvalue weighted by Crippen LogP contribution is 2.15. The maximum atomic E-state index is 4.31. The largest absolute Gasteiger partial charge is 0.357 e. The SMILES string of the molecule is CNc1nccc(-c2ccncc2)n1. The number of hydrogen-bond acceptors (Lipinski definition) is 4. The van der Waals surface area contributed by atoms with E-state index in [1.807, 2.05) is 18.2 Å². The van der Waals surface area contributed by atoms with Crippen molar-refractivity contribution in [1.82, 2.24) is 15.0 Å². The van der Waals surface area contributed by atoms with Gasteiger partial charge in [-0.15, -0.1) is 0 Å². The molecule has 4 heteroatoms. The van der Waals surface area contributed by atoms with Crippen LogP contribution in [0.5, 0.6) is 0 Å². The fourth-order valence-electron chi connectivity index (χ4n) is 1.16. The molecule has 0 saturated heterocycles. The molecule has 0 saturated carbocycles. The summed E-state index contributed by atoms with van der Waals surface area (Å²) in [7, 11) is 1.80. The van der Waals surface area contributed by atoms with Gasteiger partial charge in [-0.2, -0.15) is 0 Å². The van der Waals surface area contributed by atoms with Crippen molar-refractivity contribution in [2.24, 2.45) is 0 Å². The molecule has 2 aromatic rings. The van der Waals surface area contributed by atoms with Gasteiger partial charge in [0, 0.05) is 31.2 Å². The van der Waals surface area contributed by atoms with E-state index in [0.717, 1.165) is 11.3 Å². The maximum Gasteiger partial charge on any atom is 0.222 e. The molecule has 0 fully saturated rings. The van der Waals surface area contributed by atoms with Crippen molar-refractivity contribution in [1.29, 1.82) is 0 Å². The van der Waals surface area contributed by atoms with Crippen molar-refractivity contribution in [2.45, 2.75) is 0 Å². The van der Waals surface area contributed by atoms with Gasteiger partial charge in [-0.3, -0.25) is 4.98 Å². The summed E-state index contributed by atoms with van der Waals surface area (Å²) in [6.07, 6.45) is 5.22. The Morgan fingerprint density at radius 3 is 2.57 bits per heavy atom. The predicted molar refractivity (Wildman–Crippen MR) is 54.8 cm³/mol. The Kier molecular flexibility index (Phi) is 2.36. The highest BCUT2D eigenvalue weighted by atomic mass is 15.1. The van der Waals surface area contributed by atoms with E-state index in [9.17, 15) is 0 Å². The van der Waals surface area contributed by atoms with Crippen molar-refractivity contribution in [3.05, 3.63) is 36.8 Å². The molecular weight excluding hydrogens is 176 g/mol. The van der Waals surface area contributed by atoms with Crippen LogP contribution in [0.3, 0.4) is 0 Å². The molecule has 1 N–H and O–H groups in total. The van der Waals surface area contributed by atoms with Crippen molar-refractivity contribution < 1.29 is 0 Å². The molecule has 0 radical (unpaired) electrons. The number of pyridine rings is 1. The summed E-state index contributed by atoms with van der Waals surface area (Å²) in [5.41, 5.74) is 1.94. The molecule has 0 aliphatic heterocycles. The number of nitrogens with one attached hydrogen (secondary N) is 1. The number of hydrogen-bond donors (Lipinski definition) is 1. The van der Waals surface area contributed by atoms with Crippen LogP contribution in [-0.4, -0.2) is 22.0 Å². The summed E-state index contributed by atoms with van der Waals surface area (Å²) >= 11 is 0. The van der Waals surface area contributed by atoms with Crippen LogP contribution in [0.15, 0.2) is 36.8 Å². The highest BCUT2D eigenvalue weighted by Gasteiger charge is 1.99. The first-order valence-electron chi connectivity index (χ1n) is 4.31. The van der Waals surface area contributed by atoms with Gasteiger partial charge in [0.2, 0.25) is 5.95 Å². The molecule has 2 aromatic heterocycles. The molecular formula is C10H10N4. The zero-order valence-electron chi connectivity index (χ0n) is 7.81. The minimum absolute atomic E-state index is 0.624. The van der Waals surface area contributed by atoms with Crippen LogP contribution in [0.1, 0.15) is 0 Å². The summed E-state index contributed by atoms with van der Waals surface area (Å²) in [6.45, 7) is 0. The van der Waals surface area contributed by atoms with Crippen molar-refractivity contribution in [3.8, 4) is 11.3 Å². The quantitative estimate of drug-likeness (QED) is 0.773. The van der Waals surface area contributed by atoms with Crippen LogP contribution in [0.2, 0.25) is 0 Å². The topological polar surface area (TPSA) is 50.7 Å². The van der Waals surface area contributed by atoms with Gasteiger partial charge >= 0.3 is 0 Å². The molecule has 0 unspecified atom stereocenters. The van der Waals surface area contributed by atoms with Crippen LogP contribution in [0.25, 0.3) is 11.3 Å². The molecule has 2 rings (SSSR count). The summed E-state index contributed by atoms with van der Waals surface area (Å²) in [6, 6.07) is 5.71. The van der Waals surface area contributed by atoms with Gasteiger partial charge in [0.05, 0.1) is 5.69 Å². The molecule has 0 aromatic carbocycles. The third kappa shape index (κ3) is 1.69. The van der Waals surface area contributed by atoms with Crippen LogP contribution < -0.4 is 5.32 Å². The Balaban J connectivity index is 2.42. The third-order valence-corrected chi connectivity index (χ3v) is 1.86. The Morgan fingerprint density at radius 1 is 1.07 bits per heavy atom. The normalized spacial score (nSPS) is 9.79. The lowest BCUT2D eigenvalue weighted by Crippen LogP contribution is -1.96. The molecule has 0 aliphatic carbocycles. The monoisotopic (exact) mass is 186 g/mol. The van der Waals surface area contributed by atoms with E-state index in [-0.39, 0.29) is 0 Å². The number of aromatic nitrogens is 3. The van der Waals surface area contributed by atoms with Gasteiger partial charge < -0.3 is 5.32 Å². The number of rotatable bonds is 2. The lowest BCUT2D eigenvalue weighted by Gasteiger charge is -2.01. The summed E-state index contributed by atoms with van der Waals surface area (Å²) in [5, 5.41) is 2.90. The molecule has 14 heavy (non-hydrogen) atoms. The molecule has 2 heterocycles. The van der Waals surface area contributed by atoms with E-state index < -0.39 is 0 Å². The van der Waals surface area contributed by atoms with Gasteiger partial charge in [-0.25, -0.2) is 9.97 Å². The van der Waals surface area contributed by atoms with Gasteiger partial charge in [0.1, 0.15) is 0 Å². The van der Waals surface area contributed by atoms with Crippen molar-refractivity contribution in [3.63, 3.8) is 0 Å². The maximum absolute atomic E-state index is 4.31. The second kappa shape index (κ2) is 3.83. The number of nitrogens with zero attached hydrogens (tertiary/aromatic N) is 3. The second-order valence-corrected chi connectivity index (χ2v) is 2.75. The molecule has 0 aliphatic rings. The summed E-state index contributed by atoms with van der Waals surface area (Å²) in [4.78, 5) is 12.3. The molecule has 0 amide bonds. The summed E-state index contributed by atoms with van der Waals surface area (Å²) in [5.74, 6) is 0.624. The van der Waals surface area contributed by atoms with E-state index in [0.29, 0.717) is 5.95 Å². The summed E-state index contributed by atoms with van der Waals surface area (Å²) < 4.78 is 0. The van der Waals surface area contributed by atoms with Gasteiger partial charge in [0.25, 0.3) is 0 Å². The van der Waals surface area contributed by atoms with E-state index in [2.05, 4.69) is 20.3 Å². The third-order valence-electron chi connectivity index (χ3n) is 1.86. The smallest absolute Gasteiger partial charge is 0.222 e. The molecule has 0 spiro atoms. The predicted octanol–water partition coefficient (Wildman–Crippen LogP) is 1.58. The second-order valence-electron chi connectivity index (χ2n) is 2.75. The van der Waals surface area contributed by atoms with Crippen molar-refractivity contribution >= 4 is 5.95 Å².